The van der Waals surface area contributed by atoms with Crippen molar-refractivity contribution in [3.63, 3.8) is 0 Å². The monoisotopic (exact) mass is 481 g/mol. The minimum atomic E-state index is -0.114. The van der Waals surface area contributed by atoms with E-state index in [1.165, 1.54) is 5.56 Å². The summed E-state index contributed by atoms with van der Waals surface area (Å²) in [4.78, 5) is 28.5. The molecule has 2 aromatic carbocycles. The van der Waals surface area contributed by atoms with Gasteiger partial charge in [0, 0.05) is 37.1 Å². The van der Waals surface area contributed by atoms with E-state index < -0.39 is 0 Å². The first kappa shape index (κ1) is 23.6. The number of nitrogens with one attached hydrogen (secondary N) is 1. The third-order valence-corrected chi connectivity index (χ3v) is 6.86. The highest BCUT2D eigenvalue weighted by atomic mass is 16.2. The lowest BCUT2D eigenvalue weighted by molar-refractivity contribution is -0.121. The number of likely N-dealkylation sites (tertiary alicyclic amines) is 1. The molecule has 0 spiro atoms. The molecule has 1 aliphatic heterocycles. The van der Waals surface area contributed by atoms with E-state index >= 15 is 0 Å². The normalized spacial score (nSPS) is 14.1. The van der Waals surface area contributed by atoms with Crippen molar-refractivity contribution >= 4 is 17.5 Å². The summed E-state index contributed by atoms with van der Waals surface area (Å²) < 4.78 is 3.76. The van der Waals surface area contributed by atoms with Crippen molar-refractivity contribution in [2.45, 2.75) is 33.1 Å². The Bertz CT molecular complexity index is 1350. The maximum atomic E-state index is 13.8. The van der Waals surface area contributed by atoms with Crippen molar-refractivity contribution in [1.82, 2.24) is 19.2 Å². The van der Waals surface area contributed by atoms with E-state index in [-0.39, 0.29) is 17.7 Å². The molecule has 1 N–H and O–H groups in total. The quantitative estimate of drug-likeness (QED) is 0.420. The van der Waals surface area contributed by atoms with Gasteiger partial charge in [-0.3, -0.25) is 9.59 Å². The van der Waals surface area contributed by atoms with Crippen molar-refractivity contribution in [2.75, 3.05) is 18.4 Å². The molecule has 0 radical (unpaired) electrons. The molecule has 1 fully saturated rings. The molecular formula is C29H31N5O2. The molecule has 2 amide bonds. The lowest BCUT2D eigenvalue weighted by atomic mass is 9.95. The number of aryl methyl sites for hydroxylation is 2. The van der Waals surface area contributed by atoms with Gasteiger partial charge in [-0.2, -0.15) is 5.10 Å². The zero-order chi connectivity index (χ0) is 25.1. The van der Waals surface area contributed by atoms with Crippen molar-refractivity contribution in [2.24, 2.45) is 5.92 Å². The summed E-state index contributed by atoms with van der Waals surface area (Å²) in [5.41, 5.74) is 4.19. The maximum absolute atomic E-state index is 13.8. The van der Waals surface area contributed by atoms with E-state index in [1.807, 2.05) is 94.1 Å². The number of piperidine rings is 1. The molecule has 3 heterocycles. The smallest absolute Gasteiger partial charge is 0.259 e. The second-order valence-electron chi connectivity index (χ2n) is 9.23. The number of aromatic nitrogens is 3. The molecule has 0 unspecified atom stereocenters. The van der Waals surface area contributed by atoms with E-state index in [0.29, 0.717) is 37.2 Å². The van der Waals surface area contributed by atoms with Gasteiger partial charge in [0.25, 0.3) is 5.91 Å². The molecule has 4 aromatic rings. The Morgan fingerprint density at radius 2 is 1.69 bits per heavy atom. The van der Waals surface area contributed by atoms with Crippen molar-refractivity contribution in [3.8, 4) is 11.5 Å². The summed E-state index contributed by atoms with van der Waals surface area (Å²) in [5.74, 6) is 0.588. The fraction of sp³-hybridized carbons (Fsp3) is 0.276. The van der Waals surface area contributed by atoms with Crippen LogP contribution in [0.2, 0.25) is 0 Å². The Morgan fingerprint density at radius 1 is 0.972 bits per heavy atom. The van der Waals surface area contributed by atoms with Crippen LogP contribution in [0.15, 0.2) is 79.1 Å². The number of hydrogen-bond donors (Lipinski definition) is 1. The van der Waals surface area contributed by atoms with Crippen LogP contribution in [0, 0.1) is 12.8 Å². The number of amides is 2. The second-order valence-corrected chi connectivity index (χ2v) is 9.23. The first-order chi connectivity index (χ1) is 17.5. The van der Waals surface area contributed by atoms with Crippen LogP contribution in [0.5, 0.6) is 0 Å². The lowest BCUT2D eigenvalue weighted by Crippen LogP contribution is -2.41. The van der Waals surface area contributed by atoms with Gasteiger partial charge in [-0.15, -0.1) is 0 Å². The summed E-state index contributed by atoms with van der Waals surface area (Å²) in [6.07, 6.45) is 6.05. The van der Waals surface area contributed by atoms with E-state index in [2.05, 4.69) is 18.3 Å². The average Bonchev–Trinajstić information content (AvgIpc) is 3.57. The topological polar surface area (TPSA) is 72.2 Å². The van der Waals surface area contributed by atoms with Gasteiger partial charge < -0.3 is 14.8 Å². The van der Waals surface area contributed by atoms with E-state index in [1.54, 1.807) is 0 Å². The first-order valence-electron chi connectivity index (χ1n) is 12.5. The summed E-state index contributed by atoms with van der Waals surface area (Å²) in [7, 11) is 0. The third-order valence-electron chi connectivity index (χ3n) is 6.86. The van der Waals surface area contributed by atoms with Gasteiger partial charge in [0.2, 0.25) is 5.91 Å². The number of hydrogen-bond acceptors (Lipinski definition) is 3. The van der Waals surface area contributed by atoms with E-state index in [4.69, 9.17) is 5.10 Å². The van der Waals surface area contributed by atoms with E-state index in [9.17, 15) is 9.59 Å². The van der Waals surface area contributed by atoms with Gasteiger partial charge in [0.05, 0.1) is 11.4 Å². The molecule has 0 aliphatic carbocycles. The Morgan fingerprint density at radius 3 is 2.39 bits per heavy atom. The number of carbonyl (C=O) groups excluding carboxylic acids is 2. The molecule has 184 valence electrons. The second kappa shape index (κ2) is 10.2. The van der Waals surface area contributed by atoms with Crippen molar-refractivity contribution in [1.29, 1.82) is 0 Å². The van der Waals surface area contributed by atoms with Gasteiger partial charge in [-0.1, -0.05) is 37.3 Å². The van der Waals surface area contributed by atoms with Crippen LogP contribution in [0.25, 0.3) is 11.5 Å². The van der Waals surface area contributed by atoms with Crippen LogP contribution in [-0.4, -0.2) is 44.2 Å². The van der Waals surface area contributed by atoms with E-state index in [0.717, 1.165) is 23.6 Å². The summed E-state index contributed by atoms with van der Waals surface area (Å²) in [6, 6.07) is 21.7. The van der Waals surface area contributed by atoms with Crippen LogP contribution in [0.1, 0.15) is 41.4 Å². The Balaban J connectivity index is 1.33. The number of benzene rings is 2. The number of carbonyl (C=O) groups is 2. The minimum absolute atomic E-state index is 0.0245. The van der Waals surface area contributed by atoms with Crippen molar-refractivity contribution < 1.29 is 9.59 Å². The number of rotatable bonds is 6. The largest absolute Gasteiger partial charge is 0.338 e. The van der Waals surface area contributed by atoms with Crippen LogP contribution >= 0.6 is 0 Å². The van der Waals surface area contributed by atoms with Gasteiger partial charge in [-0.25, -0.2) is 4.68 Å². The van der Waals surface area contributed by atoms with Crippen LogP contribution in [0.4, 0.5) is 5.69 Å². The highest BCUT2D eigenvalue weighted by Crippen LogP contribution is 2.27. The molecule has 7 heteroatoms. The van der Waals surface area contributed by atoms with Gasteiger partial charge in [0.15, 0.2) is 5.82 Å². The maximum Gasteiger partial charge on any atom is 0.259 e. The SMILES string of the molecule is CCc1cccc(NC(=O)C2CCN(C(=O)c3c(C)nn(-c4ccccc4)c3-n3cccc3)CC2)c1. The Hall–Kier alpha value is -4.13. The Labute approximate surface area is 211 Å². The summed E-state index contributed by atoms with van der Waals surface area (Å²) >= 11 is 0. The summed E-state index contributed by atoms with van der Waals surface area (Å²) in [5, 5.41) is 7.80. The lowest BCUT2D eigenvalue weighted by Gasteiger charge is -2.31. The standard InChI is InChI=1S/C29H31N5O2/c1-3-22-10-9-11-24(20-22)30-27(35)23-14-18-33(19-15-23)29(36)26-21(2)31-34(25-12-5-4-6-13-25)28(26)32-16-7-8-17-32/h4-13,16-17,20,23H,3,14-15,18-19H2,1-2H3,(H,30,35). The molecule has 0 atom stereocenters. The first-order valence-corrected chi connectivity index (χ1v) is 12.5. The predicted molar refractivity (Wildman–Crippen MR) is 141 cm³/mol. The van der Waals surface area contributed by atoms with Crippen LogP contribution < -0.4 is 5.32 Å². The van der Waals surface area contributed by atoms with Gasteiger partial charge in [-0.05, 0) is 68.1 Å². The number of para-hydroxylation sites is 1. The van der Waals surface area contributed by atoms with Crippen LogP contribution in [0.3, 0.4) is 0 Å². The zero-order valence-corrected chi connectivity index (χ0v) is 20.7. The molecule has 1 aliphatic rings. The Kier molecular flexibility index (Phi) is 6.71. The molecule has 7 nitrogen and oxygen atoms in total. The highest BCUT2D eigenvalue weighted by Gasteiger charge is 2.32. The summed E-state index contributed by atoms with van der Waals surface area (Å²) in [6.45, 7) is 5.05. The molecule has 36 heavy (non-hydrogen) atoms. The minimum Gasteiger partial charge on any atom is -0.338 e. The van der Waals surface area contributed by atoms with Gasteiger partial charge >= 0.3 is 0 Å². The average molecular weight is 482 g/mol. The molecule has 0 bridgehead atoms. The molecule has 0 saturated carbocycles. The fourth-order valence-corrected chi connectivity index (χ4v) is 4.85. The molecule has 5 rings (SSSR count). The molecular weight excluding hydrogens is 450 g/mol. The third kappa shape index (κ3) is 4.69. The fourth-order valence-electron chi connectivity index (χ4n) is 4.85. The van der Waals surface area contributed by atoms with Gasteiger partial charge in [0.1, 0.15) is 5.56 Å². The zero-order valence-electron chi connectivity index (χ0n) is 20.7. The highest BCUT2D eigenvalue weighted by molar-refractivity contribution is 5.99. The van der Waals surface area contributed by atoms with Crippen LogP contribution in [-0.2, 0) is 11.2 Å². The number of anilines is 1. The predicted octanol–water partition coefficient (Wildman–Crippen LogP) is 5.02. The number of nitrogens with zero attached hydrogens (tertiary/aromatic N) is 4. The molecule has 2 aromatic heterocycles. The van der Waals surface area contributed by atoms with Crippen molar-refractivity contribution in [3.05, 3.63) is 95.9 Å². The molecule has 1 saturated heterocycles.